The van der Waals surface area contributed by atoms with Crippen molar-refractivity contribution >= 4 is 17.0 Å². The fourth-order valence-corrected chi connectivity index (χ4v) is 2.11. The van der Waals surface area contributed by atoms with E-state index in [1.54, 1.807) is 0 Å². The van der Waals surface area contributed by atoms with Gasteiger partial charge in [-0.2, -0.15) is 0 Å². The molecule has 2 aromatic rings. The van der Waals surface area contributed by atoms with Gasteiger partial charge in [0.05, 0.1) is 13.2 Å². The summed E-state index contributed by atoms with van der Waals surface area (Å²) in [6.45, 7) is 7.05. The first-order valence-electron chi connectivity index (χ1n) is 5.78. The highest BCUT2D eigenvalue weighted by Crippen LogP contribution is 2.22. The Bertz CT molecular complexity index is 544. The molecule has 3 rings (SSSR count). The maximum absolute atomic E-state index is 5.36. The number of hydrogen-bond acceptors (Lipinski definition) is 5. The Morgan fingerprint density at radius 1 is 1.12 bits per heavy atom. The molecule has 2 aromatic heterocycles. The van der Waals surface area contributed by atoms with Gasteiger partial charge < -0.3 is 14.6 Å². The molecular weight excluding hydrogens is 218 g/mol. The van der Waals surface area contributed by atoms with Gasteiger partial charge >= 0.3 is 0 Å². The van der Waals surface area contributed by atoms with E-state index in [1.165, 1.54) is 0 Å². The zero-order valence-corrected chi connectivity index (χ0v) is 10.0. The Morgan fingerprint density at radius 2 is 1.88 bits per heavy atom. The number of imidazole rings is 1. The lowest BCUT2D eigenvalue weighted by Crippen LogP contribution is -2.37. The minimum absolute atomic E-state index is 0.747. The first-order chi connectivity index (χ1) is 8.24. The van der Waals surface area contributed by atoms with E-state index >= 15 is 0 Å². The fraction of sp³-hybridized carbons (Fsp3) is 0.545. The van der Waals surface area contributed by atoms with Crippen LogP contribution in [0, 0.1) is 13.8 Å². The molecule has 3 heterocycles. The van der Waals surface area contributed by atoms with Gasteiger partial charge in [0.2, 0.25) is 0 Å². The normalized spacial score (nSPS) is 16.7. The van der Waals surface area contributed by atoms with Crippen LogP contribution in [-0.4, -0.2) is 46.2 Å². The topological polar surface area (TPSA) is 66.9 Å². The molecule has 1 N–H and O–H groups in total. The van der Waals surface area contributed by atoms with Crippen molar-refractivity contribution in [3.8, 4) is 0 Å². The lowest BCUT2D eigenvalue weighted by molar-refractivity contribution is 0.122. The summed E-state index contributed by atoms with van der Waals surface area (Å²) in [6, 6.07) is 0. The molecule has 0 amide bonds. The molecule has 1 fully saturated rings. The molecule has 1 saturated heterocycles. The lowest BCUT2D eigenvalue weighted by Gasteiger charge is -2.28. The van der Waals surface area contributed by atoms with Crippen LogP contribution in [0.1, 0.15) is 11.6 Å². The van der Waals surface area contributed by atoms with Crippen LogP contribution >= 0.6 is 0 Å². The van der Waals surface area contributed by atoms with E-state index in [0.717, 1.165) is 54.9 Å². The van der Waals surface area contributed by atoms with Crippen LogP contribution in [0.15, 0.2) is 0 Å². The van der Waals surface area contributed by atoms with E-state index in [9.17, 15) is 0 Å². The molecular formula is C11H15N5O. The third kappa shape index (κ3) is 1.84. The highest BCUT2D eigenvalue weighted by molar-refractivity contribution is 5.83. The summed E-state index contributed by atoms with van der Waals surface area (Å²) < 4.78 is 5.36. The maximum atomic E-state index is 5.36. The second-order valence-corrected chi connectivity index (χ2v) is 4.21. The second kappa shape index (κ2) is 3.96. The number of aromatic nitrogens is 4. The number of nitrogens with one attached hydrogen (secondary N) is 1. The molecule has 0 unspecified atom stereocenters. The Morgan fingerprint density at radius 3 is 2.65 bits per heavy atom. The van der Waals surface area contributed by atoms with Gasteiger partial charge in [-0.1, -0.05) is 0 Å². The van der Waals surface area contributed by atoms with Gasteiger partial charge in [0, 0.05) is 13.1 Å². The molecule has 0 radical (unpaired) electrons. The summed E-state index contributed by atoms with van der Waals surface area (Å²) in [4.78, 5) is 18.7. The molecule has 90 valence electrons. The molecule has 1 aliphatic heterocycles. The maximum Gasteiger partial charge on any atom is 0.183 e. The van der Waals surface area contributed by atoms with Crippen molar-refractivity contribution in [1.82, 2.24) is 19.9 Å². The standard InChI is InChI=1S/C11H15N5O/c1-7-12-9-10(13-7)14-8(2)15-11(9)16-3-5-17-6-4-16/h3-6H2,1-2H3,(H,12,13,14,15). The third-order valence-corrected chi connectivity index (χ3v) is 2.87. The number of aryl methyl sites for hydroxylation is 2. The molecule has 6 nitrogen and oxygen atoms in total. The quantitative estimate of drug-likeness (QED) is 0.789. The average molecular weight is 233 g/mol. The molecule has 0 atom stereocenters. The van der Waals surface area contributed by atoms with Crippen molar-refractivity contribution in [2.75, 3.05) is 31.2 Å². The van der Waals surface area contributed by atoms with Crippen molar-refractivity contribution < 1.29 is 4.74 Å². The summed E-state index contributed by atoms with van der Waals surface area (Å²) in [7, 11) is 0. The van der Waals surface area contributed by atoms with E-state index in [1.807, 2.05) is 13.8 Å². The minimum Gasteiger partial charge on any atom is -0.378 e. The average Bonchev–Trinajstić information content (AvgIpc) is 2.69. The number of rotatable bonds is 1. The van der Waals surface area contributed by atoms with Gasteiger partial charge in [-0.3, -0.25) is 0 Å². The van der Waals surface area contributed by atoms with Crippen LogP contribution in [0.2, 0.25) is 0 Å². The SMILES string of the molecule is Cc1nc(N2CCOCC2)c2[nH]c(C)nc2n1. The highest BCUT2D eigenvalue weighted by atomic mass is 16.5. The van der Waals surface area contributed by atoms with E-state index in [0.29, 0.717) is 0 Å². The Balaban J connectivity index is 2.12. The first-order valence-corrected chi connectivity index (χ1v) is 5.78. The number of fused-ring (bicyclic) bond motifs is 1. The Kier molecular flexibility index (Phi) is 2.44. The monoisotopic (exact) mass is 233 g/mol. The van der Waals surface area contributed by atoms with Crippen molar-refractivity contribution in [1.29, 1.82) is 0 Å². The minimum atomic E-state index is 0.747. The van der Waals surface area contributed by atoms with Crippen LogP contribution in [0.3, 0.4) is 0 Å². The molecule has 0 aliphatic carbocycles. The van der Waals surface area contributed by atoms with Gasteiger partial charge in [0.15, 0.2) is 11.5 Å². The third-order valence-electron chi connectivity index (χ3n) is 2.87. The number of H-pyrrole nitrogens is 1. The molecule has 0 spiro atoms. The molecule has 17 heavy (non-hydrogen) atoms. The number of morpholine rings is 1. The van der Waals surface area contributed by atoms with E-state index < -0.39 is 0 Å². The molecule has 0 aromatic carbocycles. The van der Waals surface area contributed by atoms with E-state index in [-0.39, 0.29) is 0 Å². The zero-order chi connectivity index (χ0) is 11.8. The van der Waals surface area contributed by atoms with Crippen LogP contribution < -0.4 is 4.90 Å². The van der Waals surface area contributed by atoms with Gasteiger partial charge in [-0.05, 0) is 13.8 Å². The second-order valence-electron chi connectivity index (χ2n) is 4.21. The van der Waals surface area contributed by atoms with Crippen molar-refractivity contribution in [3.05, 3.63) is 11.6 Å². The van der Waals surface area contributed by atoms with Crippen LogP contribution in [0.25, 0.3) is 11.2 Å². The summed E-state index contributed by atoms with van der Waals surface area (Å²) in [6.07, 6.45) is 0. The number of hydrogen-bond donors (Lipinski definition) is 1. The fourth-order valence-electron chi connectivity index (χ4n) is 2.11. The number of anilines is 1. The Labute approximate surface area is 99.0 Å². The van der Waals surface area contributed by atoms with Gasteiger partial charge in [0.25, 0.3) is 0 Å². The molecule has 1 aliphatic rings. The van der Waals surface area contributed by atoms with Crippen molar-refractivity contribution in [2.24, 2.45) is 0 Å². The summed E-state index contributed by atoms with van der Waals surface area (Å²) in [5.74, 6) is 2.57. The van der Waals surface area contributed by atoms with Crippen LogP contribution in [0.4, 0.5) is 5.82 Å². The van der Waals surface area contributed by atoms with Crippen molar-refractivity contribution in [3.63, 3.8) is 0 Å². The Hall–Kier alpha value is -1.69. The largest absolute Gasteiger partial charge is 0.378 e. The van der Waals surface area contributed by atoms with Gasteiger partial charge in [0.1, 0.15) is 17.2 Å². The van der Waals surface area contributed by atoms with Crippen LogP contribution in [0.5, 0.6) is 0 Å². The number of aromatic amines is 1. The first kappa shape index (κ1) is 10.5. The summed E-state index contributed by atoms with van der Waals surface area (Å²) >= 11 is 0. The van der Waals surface area contributed by atoms with Crippen LogP contribution in [-0.2, 0) is 4.74 Å². The predicted molar refractivity (Wildman–Crippen MR) is 64.2 cm³/mol. The number of nitrogens with zero attached hydrogens (tertiary/aromatic N) is 4. The molecule has 0 saturated carbocycles. The number of ether oxygens (including phenoxy) is 1. The van der Waals surface area contributed by atoms with E-state index in [4.69, 9.17) is 4.74 Å². The summed E-state index contributed by atoms with van der Waals surface area (Å²) in [5, 5.41) is 0. The molecule has 0 bridgehead atoms. The highest BCUT2D eigenvalue weighted by Gasteiger charge is 2.18. The summed E-state index contributed by atoms with van der Waals surface area (Å²) in [5.41, 5.74) is 1.67. The van der Waals surface area contributed by atoms with Gasteiger partial charge in [-0.15, -0.1) is 0 Å². The van der Waals surface area contributed by atoms with Gasteiger partial charge in [-0.25, -0.2) is 15.0 Å². The van der Waals surface area contributed by atoms with Crippen molar-refractivity contribution in [2.45, 2.75) is 13.8 Å². The molecule has 6 heteroatoms. The lowest BCUT2D eigenvalue weighted by atomic mass is 10.3. The smallest absolute Gasteiger partial charge is 0.183 e. The van der Waals surface area contributed by atoms with E-state index in [2.05, 4.69) is 24.8 Å². The zero-order valence-electron chi connectivity index (χ0n) is 10.0. The predicted octanol–water partition coefficient (Wildman–Crippen LogP) is 0.806.